The van der Waals surface area contributed by atoms with E-state index in [4.69, 9.17) is 21.6 Å². The molecule has 0 saturated heterocycles. The van der Waals surface area contributed by atoms with Crippen LogP contribution in [-0.4, -0.2) is 25.3 Å². The number of nitrogens with two attached hydrogens (primary N) is 2. The number of nitrogens with one attached hydrogen (secondary N) is 2. The summed E-state index contributed by atoms with van der Waals surface area (Å²) in [5.74, 6) is -0.0429. The number of hydrogen-bond donors (Lipinski definition) is 4. The Bertz CT molecular complexity index is 117. The lowest BCUT2D eigenvalue weighted by atomic mass is 10.4. The van der Waals surface area contributed by atoms with Gasteiger partial charge in [0.2, 0.25) is 0 Å². The summed E-state index contributed by atoms with van der Waals surface area (Å²) >= 11 is 0. The molecule has 1 atom stereocenters. The van der Waals surface area contributed by atoms with E-state index in [-0.39, 0.29) is 12.2 Å². The zero-order valence-corrected chi connectivity index (χ0v) is 6.76. The van der Waals surface area contributed by atoms with Crippen LogP contribution < -0.4 is 16.8 Å². The fraction of sp³-hybridized carbons (Fsp3) is 0.833. The second-order valence-electron chi connectivity index (χ2n) is 2.16. The molecule has 0 aromatic rings. The van der Waals surface area contributed by atoms with Crippen LogP contribution in [0, 0.1) is 5.41 Å². The quantitative estimate of drug-likeness (QED) is 0.183. The highest BCUT2D eigenvalue weighted by molar-refractivity contribution is 5.74. The average molecular weight is 160 g/mol. The molecule has 5 nitrogen and oxygen atoms in total. The molecule has 0 aromatic heterocycles. The smallest absolute Gasteiger partial charge is 0.185 e. The van der Waals surface area contributed by atoms with E-state index in [1.54, 1.807) is 0 Å². The molecule has 1 unspecified atom stereocenters. The first-order valence-corrected chi connectivity index (χ1v) is 3.62. The summed E-state index contributed by atoms with van der Waals surface area (Å²) < 4.78 is 5.10. The maximum Gasteiger partial charge on any atom is 0.185 e. The third kappa shape index (κ3) is 7.08. The summed E-state index contributed by atoms with van der Waals surface area (Å²) in [5, 5.41) is 9.41. The van der Waals surface area contributed by atoms with E-state index in [9.17, 15) is 0 Å². The van der Waals surface area contributed by atoms with Crippen molar-refractivity contribution in [2.75, 3.05) is 13.2 Å². The molecule has 0 radical (unpaired) electrons. The van der Waals surface area contributed by atoms with Crippen molar-refractivity contribution < 1.29 is 4.74 Å². The van der Waals surface area contributed by atoms with Crippen molar-refractivity contribution in [3.05, 3.63) is 0 Å². The molecule has 66 valence electrons. The van der Waals surface area contributed by atoms with Crippen LogP contribution in [0.3, 0.4) is 0 Å². The summed E-state index contributed by atoms with van der Waals surface area (Å²) in [7, 11) is 0. The van der Waals surface area contributed by atoms with E-state index in [1.165, 1.54) is 0 Å². The molecule has 0 bridgehead atoms. The molecule has 0 heterocycles. The first-order chi connectivity index (χ1) is 5.16. The number of ether oxygens (including phenoxy) is 1. The third-order valence-electron chi connectivity index (χ3n) is 1.15. The van der Waals surface area contributed by atoms with E-state index in [0.29, 0.717) is 13.2 Å². The van der Waals surface area contributed by atoms with Crippen molar-refractivity contribution in [3.63, 3.8) is 0 Å². The van der Waals surface area contributed by atoms with Gasteiger partial charge in [0.25, 0.3) is 0 Å². The van der Waals surface area contributed by atoms with Gasteiger partial charge < -0.3 is 21.5 Å². The second kappa shape index (κ2) is 5.94. The van der Waals surface area contributed by atoms with Crippen molar-refractivity contribution >= 4 is 5.96 Å². The monoisotopic (exact) mass is 160 g/mol. The fourth-order valence-electron chi connectivity index (χ4n) is 0.514. The average Bonchev–Trinajstić information content (AvgIpc) is 1.97. The van der Waals surface area contributed by atoms with Gasteiger partial charge in [-0.1, -0.05) is 6.92 Å². The summed E-state index contributed by atoms with van der Waals surface area (Å²) in [6.07, 6.45) is 0.587. The van der Waals surface area contributed by atoms with Crippen LogP contribution in [-0.2, 0) is 4.74 Å². The molecule has 0 fully saturated rings. The summed E-state index contributed by atoms with van der Waals surface area (Å²) in [6, 6.07) is 0. The summed E-state index contributed by atoms with van der Waals surface area (Å²) in [4.78, 5) is 0. The van der Waals surface area contributed by atoms with Crippen LogP contribution in [0.15, 0.2) is 0 Å². The van der Waals surface area contributed by atoms with Crippen LogP contribution in [0.5, 0.6) is 0 Å². The van der Waals surface area contributed by atoms with E-state index >= 15 is 0 Å². The Morgan fingerprint density at radius 3 is 2.82 bits per heavy atom. The van der Waals surface area contributed by atoms with Crippen LogP contribution in [0.4, 0.5) is 0 Å². The van der Waals surface area contributed by atoms with Gasteiger partial charge in [0.15, 0.2) is 5.96 Å². The van der Waals surface area contributed by atoms with Gasteiger partial charge in [-0.2, -0.15) is 0 Å². The molecule has 11 heavy (non-hydrogen) atoms. The first-order valence-electron chi connectivity index (χ1n) is 3.62. The minimum atomic E-state index is -0.205. The molecule has 0 aliphatic heterocycles. The molecule has 0 amide bonds. The van der Waals surface area contributed by atoms with Crippen molar-refractivity contribution in [2.24, 2.45) is 11.5 Å². The fourth-order valence-corrected chi connectivity index (χ4v) is 0.514. The maximum atomic E-state index is 6.80. The molecule has 0 rings (SSSR count). The third-order valence-corrected chi connectivity index (χ3v) is 1.15. The molecule has 0 saturated carbocycles. The van der Waals surface area contributed by atoms with Crippen LogP contribution in [0.25, 0.3) is 0 Å². The molecule has 6 N–H and O–H groups in total. The Kier molecular flexibility index (Phi) is 5.50. The standard InChI is InChI=1S/C6H16N4O/c1-2-5(7)11-4-3-10-6(8)9/h5H,2-4,7H2,1H3,(H4,8,9,10). The van der Waals surface area contributed by atoms with Crippen molar-refractivity contribution in [3.8, 4) is 0 Å². The number of guanidine groups is 1. The highest BCUT2D eigenvalue weighted by atomic mass is 16.5. The molecule has 0 spiro atoms. The topological polar surface area (TPSA) is 97.1 Å². The molecular weight excluding hydrogens is 144 g/mol. The molecule has 0 aliphatic rings. The van der Waals surface area contributed by atoms with Crippen molar-refractivity contribution in [1.29, 1.82) is 5.41 Å². The van der Waals surface area contributed by atoms with Crippen LogP contribution in [0.2, 0.25) is 0 Å². The minimum absolute atomic E-state index is 0.0429. The van der Waals surface area contributed by atoms with Crippen LogP contribution >= 0.6 is 0 Å². The Balaban J connectivity index is 3.08. The zero-order valence-electron chi connectivity index (χ0n) is 6.76. The van der Waals surface area contributed by atoms with E-state index < -0.39 is 0 Å². The molecule has 0 aliphatic carbocycles. The van der Waals surface area contributed by atoms with Gasteiger partial charge in [-0.15, -0.1) is 0 Å². The van der Waals surface area contributed by atoms with Gasteiger partial charge >= 0.3 is 0 Å². The van der Waals surface area contributed by atoms with E-state index in [1.807, 2.05) is 6.92 Å². The lowest BCUT2D eigenvalue weighted by molar-refractivity contribution is 0.0591. The van der Waals surface area contributed by atoms with Gasteiger partial charge in [0.1, 0.15) is 6.23 Å². The lowest BCUT2D eigenvalue weighted by Crippen LogP contribution is -2.34. The number of hydrogen-bond acceptors (Lipinski definition) is 3. The number of rotatable bonds is 5. The second-order valence-corrected chi connectivity index (χ2v) is 2.16. The Hall–Kier alpha value is -0.810. The Labute approximate surface area is 66.6 Å². The molecule has 0 aromatic carbocycles. The van der Waals surface area contributed by atoms with Gasteiger partial charge in [-0.05, 0) is 6.42 Å². The van der Waals surface area contributed by atoms with E-state index in [2.05, 4.69) is 5.32 Å². The Morgan fingerprint density at radius 1 is 1.73 bits per heavy atom. The first kappa shape index (κ1) is 10.2. The lowest BCUT2D eigenvalue weighted by Gasteiger charge is -2.10. The Morgan fingerprint density at radius 2 is 2.36 bits per heavy atom. The predicted molar refractivity (Wildman–Crippen MR) is 44.1 cm³/mol. The molecular formula is C6H16N4O. The normalized spacial score (nSPS) is 12.5. The zero-order chi connectivity index (χ0) is 8.69. The van der Waals surface area contributed by atoms with Crippen molar-refractivity contribution in [2.45, 2.75) is 19.6 Å². The molecule has 5 heteroatoms. The highest BCUT2D eigenvalue weighted by Crippen LogP contribution is 1.86. The van der Waals surface area contributed by atoms with Crippen molar-refractivity contribution in [1.82, 2.24) is 5.32 Å². The highest BCUT2D eigenvalue weighted by Gasteiger charge is 1.96. The predicted octanol–water partition coefficient (Wildman–Crippen LogP) is -0.819. The summed E-state index contributed by atoms with van der Waals surface area (Å²) in [5.41, 5.74) is 10.5. The van der Waals surface area contributed by atoms with E-state index in [0.717, 1.165) is 6.42 Å². The SMILES string of the molecule is CCC(N)OCCNC(=N)N. The van der Waals surface area contributed by atoms with Crippen LogP contribution in [0.1, 0.15) is 13.3 Å². The van der Waals surface area contributed by atoms with Gasteiger partial charge in [-0.3, -0.25) is 5.41 Å². The minimum Gasteiger partial charge on any atom is -0.370 e. The largest absolute Gasteiger partial charge is 0.370 e. The van der Waals surface area contributed by atoms with Gasteiger partial charge in [-0.25, -0.2) is 0 Å². The maximum absolute atomic E-state index is 6.80. The van der Waals surface area contributed by atoms with Gasteiger partial charge in [0, 0.05) is 6.54 Å². The summed E-state index contributed by atoms with van der Waals surface area (Å²) in [6.45, 7) is 2.96. The van der Waals surface area contributed by atoms with Gasteiger partial charge in [0.05, 0.1) is 6.61 Å².